The van der Waals surface area contributed by atoms with Crippen molar-refractivity contribution in [3.63, 3.8) is 0 Å². The number of hydrogen-bond acceptors (Lipinski definition) is 5. The van der Waals surface area contributed by atoms with E-state index in [4.69, 9.17) is 17.0 Å². The molecule has 0 radical (unpaired) electrons. The second-order valence-corrected chi connectivity index (χ2v) is 9.06. The maximum absolute atomic E-state index is 12.5. The van der Waals surface area contributed by atoms with E-state index in [0.717, 1.165) is 56.1 Å². The molecule has 0 saturated carbocycles. The highest BCUT2D eigenvalue weighted by atomic mass is 32.1. The van der Waals surface area contributed by atoms with Crippen molar-refractivity contribution in [1.82, 2.24) is 10.2 Å². The van der Waals surface area contributed by atoms with Crippen LogP contribution in [0.4, 0.5) is 11.4 Å². The molecule has 1 aliphatic rings. The van der Waals surface area contributed by atoms with Crippen molar-refractivity contribution in [2.75, 3.05) is 43.0 Å². The molecule has 2 N–H and O–H groups in total. The van der Waals surface area contributed by atoms with Crippen LogP contribution in [-0.4, -0.2) is 54.6 Å². The molecule has 1 heterocycles. The number of piperazine rings is 1. The number of ether oxygens (including phenoxy) is 1. The van der Waals surface area contributed by atoms with E-state index in [1.165, 1.54) is 0 Å². The van der Waals surface area contributed by atoms with Crippen LogP contribution in [0.5, 0.6) is 5.75 Å². The zero-order valence-corrected chi connectivity index (χ0v) is 21.0. The first kappa shape index (κ1) is 25.5. The van der Waals surface area contributed by atoms with Gasteiger partial charge in [-0.05, 0) is 67.2 Å². The van der Waals surface area contributed by atoms with Crippen molar-refractivity contribution in [3.05, 3.63) is 54.1 Å². The van der Waals surface area contributed by atoms with Gasteiger partial charge in [0, 0.05) is 49.0 Å². The lowest BCUT2D eigenvalue weighted by Gasteiger charge is -2.37. The Bertz CT molecular complexity index is 969. The predicted octanol–water partition coefficient (Wildman–Crippen LogP) is 4.30. The van der Waals surface area contributed by atoms with Gasteiger partial charge in [0.1, 0.15) is 5.75 Å². The second-order valence-electron chi connectivity index (χ2n) is 8.65. The molecule has 34 heavy (non-hydrogen) atoms. The Hall–Kier alpha value is -3.13. The number of thiocarbonyl (C=S) groups is 1. The number of carbonyl (C=O) groups excluding carboxylic acids is 2. The summed E-state index contributed by atoms with van der Waals surface area (Å²) in [5.41, 5.74) is 2.40. The van der Waals surface area contributed by atoms with Gasteiger partial charge in [-0.2, -0.15) is 0 Å². The monoisotopic (exact) mass is 482 g/mol. The van der Waals surface area contributed by atoms with Crippen molar-refractivity contribution in [2.45, 2.75) is 33.6 Å². The molecule has 2 amide bonds. The van der Waals surface area contributed by atoms with Gasteiger partial charge in [-0.25, -0.2) is 0 Å². The van der Waals surface area contributed by atoms with Crippen LogP contribution in [0.15, 0.2) is 48.5 Å². The fourth-order valence-corrected chi connectivity index (χ4v) is 3.89. The molecule has 3 rings (SSSR count). The Morgan fingerprint density at radius 2 is 1.65 bits per heavy atom. The molecule has 0 bridgehead atoms. The Labute approximate surface area is 207 Å². The average molecular weight is 483 g/mol. The van der Waals surface area contributed by atoms with Gasteiger partial charge < -0.3 is 19.9 Å². The van der Waals surface area contributed by atoms with E-state index < -0.39 is 0 Å². The topological polar surface area (TPSA) is 73.9 Å². The highest BCUT2D eigenvalue weighted by Crippen LogP contribution is 2.20. The minimum Gasteiger partial charge on any atom is -0.494 e. The summed E-state index contributed by atoms with van der Waals surface area (Å²) in [6, 6.07) is 14.9. The van der Waals surface area contributed by atoms with Gasteiger partial charge in [-0.1, -0.05) is 27.2 Å². The summed E-state index contributed by atoms with van der Waals surface area (Å²) in [7, 11) is 0. The standard InChI is InChI=1S/C26H34N4O3S/c1-4-5-18-33-23-12-6-20(7-13-23)24(31)28-26(34)27-21-8-10-22(11-9-21)29-14-16-30(17-15-29)25(32)19(2)3/h6-13,19H,4-5,14-18H2,1-3H3,(H2,27,28,31,34). The summed E-state index contributed by atoms with van der Waals surface area (Å²) in [5, 5.41) is 6.01. The van der Waals surface area contributed by atoms with Gasteiger partial charge in [0.05, 0.1) is 6.61 Å². The van der Waals surface area contributed by atoms with Crippen molar-refractivity contribution in [2.24, 2.45) is 5.92 Å². The van der Waals surface area contributed by atoms with Crippen molar-refractivity contribution >= 4 is 40.5 Å². The van der Waals surface area contributed by atoms with E-state index in [9.17, 15) is 9.59 Å². The van der Waals surface area contributed by atoms with Gasteiger partial charge in [0.2, 0.25) is 5.91 Å². The maximum atomic E-state index is 12.5. The average Bonchev–Trinajstić information content (AvgIpc) is 2.84. The quantitative estimate of drug-likeness (QED) is 0.432. The molecule has 1 saturated heterocycles. The van der Waals surface area contributed by atoms with Crippen LogP contribution in [0.3, 0.4) is 0 Å². The van der Waals surface area contributed by atoms with Crippen LogP contribution in [0.25, 0.3) is 0 Å². The normalized spacial score (nSPS) is 13.5. The van der Waals surface area contributed by atoms with E-state index >= 15 is 0 Å². The van der Waals surface area contributed by atoms with E-state index in [0.29, 0.717) is 12.2 Å². The number of rotatable bonds is 8. The third-order valence-corrected chi connectivity index (χ3v) is 5.89. The third kappa shape index (κ3) is 7.18. The molecule has 1 fully saturated rings. The maximum Gasteiger partial charge on any atom is 0.257 e. The predicted molar refractivity (Wildman–Crippen MR) is 141 cm³/mol. The molecule has 8 heteroatoms. The molecule has 0 spiro atoms. The van der Waals surface area contributed by atoms with Crippen LogP contribution in [0.1, 0.15) is 44.0 Å². The summed E-state index contributed by atoms with van der Waals surface area (Å²) in [6.07, 6.45) is 2.07. The summed E-state index contributed by atoms with van der Waals surface area (Å²) >= 11 is 5.31. The molecule has 0 unspecified atom stereocenters. The molecule has 182 valence electrons. The second kappa shape index (κ2) is 12.4. The van der Waals surface area contributed by atoms with Crippen LogP contribution >= 0.6 is 12.2 Å². The van der Waals surface area contributed by atoms with Gasteiger partial charge in [-0.3, -0.25) is 14.9 Å². The van der Waals surface area contributed by atoms with Crippen LogP contribution in [-0.2, 0) is 4.79 Å². The Morgan fingerprint density at radius 3 is 2.24 bits per heavy atom. The zero-order valence-electron chi connectivity index (χ0n) is 20.2. The number of benzene rings is 2. The number of nitrogens with one attached hydrogen (secondary N) is 2. The molecule has 1 aliphatic heterocycles. The number of unbranched alkanes of at least 4 members (excludes halogenated alkanes) is 1. The highest BCUT2D eigenvalue weighted by molar-refractivity contribution is 7.80. The molecule has 0 aliphatic carbocycles. The fraction of sp³-hybridized carbons (Fsp3) is 0.423. The highest BCUT2D eigenvalue weighted by Gasteiger charge is 2.22. The Morgan fingerprint density at radius 1 is 1.00 bits per heavy atom. The van der Waals surface area contributed by atoms with Gasteiger partial charge in [0.25, 0.3) is 5.91 Å². The minimum absolute atomic E-state index is 0.0326. The summed E-state index contributed by atoms with van der Waals surface area (Å²) in [4.78, 5) is 28.9. The first-order chi connectivity index (χ1) is 16.4. The van der Waals surface area contributed by atoms with Gasteiger partial charge in [-0.15, -0.1) is 0 Å². The molecule has 0 aromatic heterocycles. The van der Waals surface area contributed by atoms with Crippen LogP contribution < -0.4 is 20.3 Å². The molecular weight excluding hydrogens is 448 g/mol. The lowest BCUT2D eigenvalue weighted by molar-refractivity contribution is -0.134. The third-order valence-electron chi connectivity index (χ3n) is 5.69. The molecular formula is C26H34N4O3S. The molecule has 2 aromatic carbocycles. The molecule has 7 nitrogen and oxygen atoms in total. The van der Waals surface area contributed by atoms with E-state index in [1.807, 2.05) is 43.0 Å². The summed E-state index contributed by atoms with van der Waals surface area (Å²) in [6.45, 7) is 9.74. The number of anilines is 2. The van der Waals surface area contributed by atoms with Crippen molar-refractivity contribution < 1.29 is 14.3 Å². The lowest BCUT2D eigenvalue weighted by atomic mass is 10.1. The smallest absolute Gasteiger partial charge is 0.257 e. The SMILES string of the molecule is CCCCOc1ccc(C(=O)NC(=S)Nc2ccc(N3CCN(C(=O)C(C)C)CC3)cc2)cc1. The number of amides is 2. The van der Waals surface area contributed by atoms with Gasteiger partial charge >= 0.3 is 0 Å². The van der Waals surface area contributed by atoms with Crippen LogP contribution in [0.2, 0.25) is 0 Å². The Kier molecular flexibility index (Phi) is 9.27. The summed E-state index contributed by atoms with van der Waals surface area (Å²) < 4.78 is 5.63. The lowest BCUT2D eigenvalue weighted by Crippen LogP contribution is -2.49. The zero-order chi connectivity index (χ0) is 24.5. The fourth-order valence-electron chi connectivity index (χ4n) is 3.68. The molecule has 2 aromatic rings. The van der Waals surface area contributed by atoms with E-state index in [2.05, 4.69) is 22.5 Å². The van der Waals surface area contributed by atoms with Gasteiger partial charge in [0.15, 0.2) is 5.11 Å². The molecule has 0 atom stereocenters. The summed E-state index contributed by atoms with van der Waals surface area (Å²) in [5.74, 6) is 0.720. The number of hydrogen-bond donors (Lipinski definition) is 2. The number of carbonyl (C=O) groups is 2. The first-order valence-corrected chi connectivity index (χ1v) is 12.3. The largest absolute Gasteiger partial charge is 0.494 e. The van der Waals surface area contributed by atoms with Crippen molar-refractivity contribution in [1.29, 1.82) is 0 Å². The number of nitrogens with zero attached hydrogens (tertiary/aromatic N) is 2. The first-order valence-electron chi connectivity index (χ1n) is 11.9. The van der Waals surface area contributed by atoms with Crippen molar-refractivity contribution in [3.8, 4) is 5.75 Å². The van der Waals surface area contributed by atoms with E-state index in [1.54, 1.807) is 24.3 Å². The van der Waals surface area contributed by atoms with Crippen LogP contribution in [0, 0.1) is 5.92 Å². The minimum atomic E-state index is -0.275. The Balaban J connectivity index is 1.46. The van der Waals surface area contributed by atoms with E-state index in [-0.39, 0.29) is 22.8 Å².